The topological polar surface area (TPSA) is 65.7 Å². The van der Waals surface area contributed by atoms with Gasteiger partial charge in [-0.2, -0.15) is 0 Å². The van der Waals surface area contributed by atoms with Crippen LogP contribution < -0.4 is 15.1 Å². The van der Waals surface area contributed by atoms with Crippen LogP contribution in [0.4, 0.5) is 0 Å². The van der Waals surface area contributed by atoms with Gasteiger partial charge in [-0.15, -0.1) is 0 Å². The van der Waals surface area contributed by atoms with Gasteiger partial charge < -0.3 is 13.9 Å². The summed E-state index contributed by atoms with van der Waals surface area (Å²) in [7, 11) is 1.49. The number of rotatable bonds is 3. The van der Waals surface area contributed by atoms with Crippen molar-refractivity contribution in [1.29, 1.82) is 0 Å². The Kier molecular flexibility index (Phi) is 3.41. The van der Waals surface area contributed by atoms with Crippen molar-refractivity contribution in [2.24, 2.45) is 0 Å². The van der Waals surface area contributed by atoms with E-state index in [1.807, 2.05) is 13.0 Å². The molecule has 5 heteroatoms. The molecule has 5 nitrogen and oxygen atoms in total. The number of Topliss-reactive ketones (excluding diaryl/α,β-unsaturated/α-hetero) is 1. The Morgan fingerprint density at radius 3 is 2.76 bits per heavy atom. The third-order valence-electron chi connectivity index (χ3n) is 3.76. The molecule has 2 aromatic rings. The van der Waals surface area contributed by atoms with Gasteiger partial charge in [0.15, 0.2) is 23.2 Å². The Labute approximate surface area is 121 Å². The van der Waals surface area contributed by atoms with E-state index in [4.69, 9.17) is 13.9 Å². The van der Waals surface area contributed by atoms with E-state index in [9.17, 15) is 9.59 Å². The summed E-state index contributed by atoms with van der Waals surface area (Å²) in [6.45, 7) is 1.83. The van der Waals surface area contributed by atoms with Crippen LogP contribution in [0.3, 0.4) is 0 Å². The number of fused-ring (bicyclic) bond motifs is 1. The van der Waals surface area contributed by atoms with Gasteiger partial charge >= 0.3 is 5.63 Å². The summed E-state index contributed by atoms with van der Waals surface area (Å²) in [5.41, 5.74) is 0.723. The smallest absolute Gasteiger partial charge is 0.336 e. The summed E-state index contributed by atoms with van der Waals surface area (Å²) in [6.07, 6.45) is 1.66. The third kappa shape index (κ3) is 2.39. The van der Waals surface area contributed by atoms with Crippen LogP contribution in [0.1, 0.15) is 24.8 Å². The number of hydrogen-bond donors (Lipinski definition) is 0. The molecule has 0 spiro atoms. The van der Waals surface area contributed by atoms with Crippen molar-refractivity contribution in [2.75, 3.05) is 7.11 Å². The van der Waals surface area contributed by atoms with Gasteiger partial charge in [-0.25, -0.2) is 4.79 Å². The van der Waals surface area contributed by atoms with Gasteiger partial charge in [0.05, 0.1) is 7.11 Å². The van der Waals surface area contributed by atoms with Crippen molar-refractivity contribution in [3.63, 3.8) is 0 Å². The van der Waals surface area contributed by atoms with Gasteiger partial charge in [-0.1, -0.05) is 0 Å². The number of ketones is 1. The molecule has 21 heavy (non-hydrogen) atoms. The van der Waals surface area contributed by atoms with Gasteiger partial charge in [0.2, 0.25) is 5.75 Å². The lowest BCUT2D eigenvalue weighted by Gasteiger charge is -2.16. The molecule has 1 heterocycles. The molecule has 0 saturated heterocycles. The first-order chi connectivity index (χ1) is 10.1. The molecule has 1 atom stereocenters. The lowest BCUT2D eigenvalue weighted by atomic mass is 10.1. The standard InChI is InChI=1S/C16H16O5/c1-9-8-14(18)21-15-10(9)6-7-13(16(15)19-2)20-12-5-3-4-11(12)17/h6-8,12H,3-5H2,1-2H3. The molecule has 1 aliphatic rings. The van der Waals surface area contributed by atoms with Gasteiger partial charge in [-0.3, -0.25) is 4.79 Å². The molecule has 0 radical (unpaired) electrons. The second-order valence-electron chi connectivity index (χ2n) is 5.19. The van der Waals surface area contributed by atoms with Gasteiger partial charge in [-0.05, 0) is 37.5 Å². The lowest BCUT2D eigenvalue weighted by molar-refractivity contribution is -0.123. The second-order valence-corrected chi connectivity index (χ2v) is 5.19. The largest absolute Gasteiger partial charge is 0.490 e. The van der Waals surface area contributed by atoms with Crippen LogP contribution in [0, 0.1) is 6.92 Å². The number of hydrogen-bond acceptors (Lipinski definition) is 5. The quantitative estimate of drug-likeness (QED) is 0.812. The summed E-state index contributed by atoms with van der Waals surface area (Å²) in [5, 5.41) is 0.788. The fourth-order valence-electron chi connectivity index (χ4n) is 2.69. The summed E-state index contributed by atoms with van der Waals surface area (Å²) in [6, 6.07) is 4.99. The van der Waals surface area contributed by atoms with E-state index in [1.54, 1.807) is 6.07 Å². The molecule has 0 aliphatic heterocycles. The van der Waals surface area contributed by atoms with Crippen molar-refractivity contribution < 1.29 is 18.7 Å². The zero-order valence-electron chi connectivity index (χ0n) is 12.0. The lowest BCUT2D eigenvalue weighted by Crippen LogP contribution is -2.21. The average molecular weight is 288 g/mol. The number of ether oxygens (including phenoxy) is 2. The average Bonchev–Trinajstić information content (AvgIpc) is 2.84. The van der Waals surface area contributed by atoms with E-state index < -0.39 is 11.7 Å². The molecule has 3 rings (SSSR count). The zero-order chi connectivity index (χ0) is 15.0. The SMILES string of the molecule is COc1c(OC2CCCC2=O)ccc2c(C)cc(=O)oc12. The number of aryl methyl sites for hydroxylation is 1. The highest BCUT2D eigenvalue weighted by Crippen LogP contribution is 2.37. The van der Waals surface area contributed by atoms with Crippen molar-refractivity contribution in [2.45, 2.75) is 32.3 Å². The van der Waals surface area contributed by atoms with E-state index in [0.29, 0.717) is 29.9 Å². The van der Waals surface area contributed by atoms with Crippen molar-refractivity contribution in [1.82, 2.24) is 0 Å². The number of benzene rings is 1. The molecule has 110 valence electrons. The molecule has 1 aromatic heterocycles. The monoisotopic (exact) mass is 288 g/mol. The zero-order valence-corrected chi connectivity index (χ0v) is 12.0. The summed E-state index contributed by atoms with van der Waals surface area (Å²) in [5.74, 6) is 0.884. The molecule has 1 fully saturated rings. The number of methoxy groups -OCH3 is 1. The minimum absolute atomic E-state index is 0.0999. The van der Waals surface area contributed by atoms with E-state index in [2.05, 4.69) is 0 Å². The number of carbonyl (C=O) groups is 1. The van der Waals surface area contributed by atoms with Gasteiger partial charge in [0.1, 0.15) is 0 Å². The first-order valence-electron chi connectivity index (χ1n) is 6.91. The minimum atomic E-state index is -0.438. The van der Waals surface area contributed by atoms with Crippen molar-refractivity contribution >= 4 is 16.8 Å². The van der Waals surface area contributed by atoms with E-state index in [1.165, 1.54) is 13.2 Å². The highest BCUT2D eigenvalue weighted by molar-refractivity contribution is 5.89. The van der Waals surface area contributed by atoms with E-state index in [-0.39, 0.29) is 5.78 Å². The van der Waals surface area contributed by atoms with Crippen LogP contribution in [0.15, 0.2) is 27.4 Å². The maximum atomic E-state index is 11.7. The van der Waals surface area contributed by atoms with Crippen LogP contribution in [0.25, 0.3) is 11.0 Å². The normalized spacial score (nSPS) is 18.2. The molecule has 0 bridgehead atoms. The van der Waals surface area contributed by atoms with Crippen LogP contribution >= 0.6 is 0 Å². The highest BCUT2D eigenvalue weighted by Gasteiger charge is 2.27. The first kappa shape index (κ1) is 13.7. The predicted molar refractivity (Wildman–Crippen MR) is 77.0 cm³/mol. The Morgan fingerprint density at radius 1 is 1.29 bits per heavy atom. The maximum absolute atomic E-state index is 11.7. The van der Waals surface area contributed by atoms with Gasteiger partial charge in [0, 0.05) is 17.9 Å². The van der Waals surface area contributed by atoms with Crippen LogP contribution in [0.5, 0.6) is 11.5 Å². The molecule has 0 N–H and O–H groups in total. The summed E-state index contributed by atoms with van der Waals surface area (Å²) < 4.78 is 16.4. The van der Waals surface area contributed by atoms with E-state index in [0.717, 1.165) is 17.4 Å². The Bertz CT molecular complexity index is 759. The van der Waals surface area contributed by atoms with Crippen LogP contribution in [-0.2, 0) is 4.79 Å². The first-order valence-corrected chi connectivity index (χ1v) is 6.91. The highest BCUT2D eigenvalue weighted by atomic mass is 16.5. The fraction of sp³-hybridized carbons (Fsp3) is 0.375. The Morgan fingerprint density at radius 2 is 2.10 bits per heavy atom. The predicted octanol–water partition coefficient (Wildman–Crippen LogP) is 2.61. The van der Waals surface area contributed by atoms with Crippen LogP contribution in [0.2, 0.25) is 0 Å². The molecule has 1 aromatic carbocycles. The molecule has 1 aliphatic carbocycles. The molecule has 0 amide bonds. The molecular weight excluding hydrogens is 272 g/mol. The Hall–Kier alpha value is -2.30. The molecule has 1 unspecified atom stereocenters. The minimum Gasteiger partial charge on any atom is -0.490 e. The molecular formula is C16H16O5. The summed E-state index contributed by atoms with van der Waals surface area (Å²) >= 11 is 0. The maximum Gasteiger partial charge on any atom is 0.336 e. The number of carbonyl (C=O) groups excluding carboxylic acids is 1. The third-order valence-corrected chi connectivity index (χ3v) is 3.76. The van der Waals surface area contributed by atoms with Crippen LogP contribution in [-0.4, -0.2) is 19.0 Å². The molecule has 1 saturated carbocycles. The van der Waals surface area contributed by atoms with Crippen molar-refractivity contribution in [3.05, 3.63) is 34.2 Å². The second kappa shape index (κ2) is 5.24. The Balaban J connectivity index is 2.11. The van der Waals surface area contributed by atoms with Crippen molar-refractivity contribution in [3.8, 4) is 11.5 Å². The van der Waals surface area contributed by atoms with Gasteiger partial charge in [0.25, 0.3) is 0 Å². The fourth-order valence-corrected chi connectivity index (χ4v) is 2.69. The summed E-state index contributed by atoms with van der Waals surface area (Å²) in [4.78, 5) is 23.3. The van der Waals surface area contributed by atoms with E-state index >= 15 is 0 Å².